The number of ether oxygens (including phenoxy) is 1. The third-order valence-corrected chi connectivity index (χ3v) is 5.77. The van der Waals surface area contributed by atoms with Gasteiger partial charge in [0, 0.05) is 30.0 Å². The summed E-state index contributed by atoms with van der Waals surface area (Å²) in [5, 5.41) is 3.06. The van der Waals surface area contributed by atoms with E-state index in [-0.39, 0.29) is 29.4 Å². The lowest BCUT2D eigenvalue weighted by molar-refractivity contribution is 0.0174. The minimum atomic E-state index is -0.544. The number of nitrogens with one attached hydrogen (secondary N) is 2. The first-order valence-electron chi connectivity index (χ1n) is 11.1. The lowest BCUT2D eigenvalue weighted by Gasteiger charge is -2.25. The highest BCUT2D eigenvalue weighted by Crippen LogP contribution is 2.30. The molecule has 1 aliphatic rings. The van der Waals surface area contributed by atoms with Gasteiger partial charge in [-0.05, 0) is 56.2 Å². The predicted octanol–water partition coefficient (Wildman–Crippen LogP) is 4.66. The highest BCUT2D eigenvalue weighted by Gasteiger charge is 2.24. The fraction of sp³-hybridized carbons (Fsp3) is 0.240. The third kappa shape index (κ3) is 4.69. The molecule has 1 aliphatic heterocycles. The van der Waals surface area contributed by atoms with E-state index in [9.17, 15) is 9.18 Å². The molecule has 1 fully saturated rings. The number of pyridine rings is 1. The number of aromatic amines is 1. The Morgan fingerprint density at radius 2 is 1.97 bits per heavy atom. The largest absolute Gasteiger partial charge is 0.378 e. The van der Waals surface area contributed by atoms with E-state index in [1.165, 1.54) is 0 Å². The second kappa shape index (κ2) is 9.48. The van der Waals surface area contributed by atoms with Crippen LogP contribution >= 0.6 is 0 Å². The van der Waals surface area contributed by atoms with Gasteiger partial charge < -0.3 is 15.0 Å². The molecule has 2 atom stereocenters. The molecule has 0 bridgehead atoms. The van der Waals surface area contributed by atoms with Crippen molar-refractivity contribution in [3.8, 4) is 11.4 Å². The van der Waals surface area contributed by atoms with Crippen LogP contribution < -0.4 is 5.32 Å². The quantitative estimate of drug-likeness (QED) is 0.405. The minimum absolute atomic E-state index is 0.137. The fourth-order valence-electron chi connectivity index (χ4n) is 4.01. The number of hydrogen-bond donors (Lipinski definition) is 2. The van der Waals surface area contributed by atoms with Crippen molar-refractivity contribution in [3.05, 3.63) is 84.0 Å². The van der Waals surface area contributed by atoms with Crippen LogP contribution in [0.15, 0.2) is 61.1 Å². The molecular formula is C25H23FN6O2. The summed E-state index contributed by atoms with van der Waals surface area (Å²) in [6.45, 7) is 2.73. The van der Waals surface area contributed by atoms with Crippen molar-refractivity contribution >= 4 is 17.4 Å². The Morgan fingerprint density at radius 3 is 2.74 bits per heavy atom. The Hall–Kier alpha value is -3.98. The minimum Gasteiger partial charge on any atom is -0.378 e. The zero-order valence-corrected chi connectivity index (χ0v) is 18.5. The van der Waals surface area contributed by atoms with Crippen molar-refractivity contribution < 1.29 is 13.9 Å². The van der Waals surface area contributed by atoms with Gasteiger partial charge in [0.05, 0.1) is 24.2 Å². The Kier molecular flexibility index (Phi) is 6.09. The van der Waals surface area contributed by atoms with Crippen LogP contribution in [0, 0.1) is 5.82 Å². The van der Waals surface area contributed by atoms with Crippen LogP contribution in [0.25, 0.3) is 11.4 Å². The summed E-state index contributed by atoms with van der Waals surface area (Å²) in [7, 11) is 0. The van der Waals surface area contributed by atoms with Crippen LogP contribution in [0.2, 0.25) is 0 Å². The summed E-state index contributed by atoms with van der Waals surface area (Å²) >= 11 is 0. The van der Waals surface area contributed by atoms with Gasteiger partial charge in [0.25, 0.3) is 0 Å². The monoisotopic (exact) mass is 458 g/mol. The van der Waals surface area contributed by atoms with Crippen molar-refractivity contribution in [2.75, 3.05) is 11.9 Å². The lowest BCUT2D eigenvalue weighted by atomic mass is 9.96. The first kappa shape index (κ1) is 21.8. The molecule has 3 aromatic heterocycles. The molecule has 2 unspecified atom stereocenters. The van der Waals surface area contributed by atoms with Gasteiger partial charge in [-0.1, -0.05) is 6.07 Å². The first-order valence-corrected chi connectivity index (χ1v) is 11.1. The molecular weight excluding hydrogens is 435 g/mol. The van der Waals surface area contributed by atoms with Crippen molar-refractivity contribution in [3.63, 3.8) is 0 Å². The number of ketones is 1. The molecule has 5 rings (SSSR count). The molecule has 1 aromatic carbocycles. The molecule has 2 N–H and O–H groups in total. The van der Waals surface area contributed by atoms with Crippen LogP contribution in [0.3, 0.4) is 0 Å². The summed E-state index contributed by atoms with van der Waals surface area (Å²) < 4.78 is 20.1. The van der Waals surface area contributed by atoms with Gasteiger partial charge in [0.2, 0.25) is 11.7 Å². The van der Waals surface area contributed by atoms with E-state index in [0.717, 1.165) is 24.9 Å². The summed E-state index contributed by atoms with van der Waals surface area (Å²) in [5.74, 6) is 0.577. The van der Waals surface area contributed by atoms with E-state index in [4.69, 9.17) is 4.74 Å². The molecule has 34 heavy (non-hydrogen) atoms. The molecule has 4 aromatic rings. The average Bonchev–Trinajstić information content (AvgIpc) is 3.36. The van der Waals surface area contributed by atoms with E-state index in [1.807, 2.05) is 6.92 Å². The average molecular weight is 458 g/mol. The SMILES string of the molecule is CC1CC(c2ncc(-c3nc(Nc4ccc(C(=O)c5ccccn5)cc4)ncc3F)[nH]2)CCO1. The topological polar surface area (TPSA) is 106 Å². The molecule has 172 valence electrons. The Morgan fingerprint density at radius 1 is 1.12 bits per heavy atom. The third-order valence-electron chi connectivity index (χ3n) is 5.77. The second-order valence-corrected chi connectivity index (χ2v) is 8.22. The van der Waals surface area contributed by atoms with Gasteiger partial charge in [-0.15, -0.1) is 0 Å². The second-order valence-electron chi connectivity index (χ2n) is 8.22. The normalized spacial score (nSPS) is 17.9. The molecule has 0 saturated carbocycles. The molecule has 0 radical (unpaired) electrons. The number of rotatable bonds is 6. The zero-order chi connectivity index (χ0) is 23.5. The van der Waals surface area contributed by atoms with Gasteiger partial charge in [-0.25, -0.2) is 19.3 Å². The van der Waals surface area contributed by atoms with Crippen LogP contribution in [0.1, 0.15) is 47.6 Å². The number of imidazole rings is 1. The number of carbonyl (C=O) groups excluding carboxylic acids is 1. The Bertz CT molecular complexity index is 1290. The molecule has 1 saturated heterocycles. The van der Waals surface area contributed by atoms with E-state index in [2.05, 4.69) is 30.2 Å². The number of hydrogen-bond acceptors (Lipinski definition) is 7. The number of carbonyl (C=O) groups is 1. The lowest BCUT2D eigenvalue weighted by Crippen LogP contribution is -2.22. The molecule has 0 spiro atoms. The number of benzene rings is 1. The number of halogens is 1. The predicted molar refractivity (Wildman–Crippen MR) is 124 cm³/mol. The summed E-state index contributed by atoms with van der Waals surface area (Å²) in [6.07, 6.45) is 6.22. The van der Waals surface area contributed by atoms with Crippen molar-refractivity contribution in [1.29, 1.82) is 0 Å². The molecule has 8 nitrogen and oxygen atoms in total. The highest BCUT2D eigenvalue weighted by molar-refractivity contribution is 6.07. The number of nitrogens with zero attached hydrogens (tertiary/aromatic N) is 4. The van der Waals surface area contributed by atoms with Gasteiger partial charge in [-0.3, -0.25) is 9.78 Å². The van der Waals surface area contributed by atoms with Crippen LogP contribution in [-0.4, -0.2) is 43.4 Å². The zero-order valence-electron chi connectivity index (χ0n) is 18.5. The highest BCUT2D eigenvalue weighted by atomic mass is 19.1. The van der Waals surface area contributed by atoms with Crippen molar-refractivity contribution in [1.82, 2.24) is 24.9 Å². The van der Waals surface area contributed by atoms with Crippen molar-refractivity contribution in [2.24, 2.45) is 0 Å². The van der Waals surface area contributed by atoms with Crippen LogP contribution in [-0.2, 0) is 4.74 Å². The summed E-state index contributed by atoms with van der Waals surface area (Å²) in [5.41, 5.74) is 2.18. The number of aromatic nitrogens is 5. The van der Waals surface area contributed by atoms with Gasteiger partial charge in [0.15, 0.2) is 5.82 Å². The summed E-state index contributed by atoms with van der Waals surface area (Å²) in [4.78, 5) is 32.7. The van der Waals surface area contributed by atoms with Crippen molar-refractivity contribution in [2.45, 2.75) is 31.8 Å². The van der Waals surface area contributed by atoms with Gasteiger partial charge in [0.1, 0.15) is 17.2 Å². The van der Waals surface area contributed by atoms with Gasteiger partial charge in [-0.2, -0.15) is 0 Å². The van der Waals surface area contributed by atoms with E-state index >= 15 is 0 Å². The Labute approximate surface area is 195 Å². The van der Waals surface area contributed by atoms with E-state index < -0.39 is 5.82 Å². The van der Waals surface area contributed by atoms with Crippen LogP contribution in [0.4, 0.5) is 16.0 Å². The first-order chi connectivity index (χ1) is 16.6. The van der Waals surface area contributed by atoms with E-state index in [0.29, 0.717) is 29.2 Å². The number of H-pyrrole nitrogens is 1. The Balaban J connectivity index is 1.32. The summed E-state index contributed by atoms with van der Waals surface area (Å²) in [6, 6.07) is 12.1. The molecule has 0 amide bonds. The molecule has 0 aliphatic carbocycles. The maximum absolute atomic E-state index is 14.5. The number of anilines is 2. The van der Waals surface area contributed by atoms with E-state index in [1.54, 1.807) is 54.9 Å². The van der Waals surface area contributed by atoms with Gasteiger partial charge >= 0.3 is 0 Å². The molecule has 9 heteroatoms. The maximum Gasteiger partial charge on any atom is 0.227 e. The smallest absolute Gasteiger partial charge is 0.227 e. The maximum atomic E-state index is 14.5. The van der Waals surface area contributed by atoms with Crippen LogP contribution in [0.5, 0.6) is 0 Å². The fourth-order valence-corrected chi connectivity index (χ4v) is 4.01. The standard InChI is InChI=1S/C25H23FN6O2/c1-15-12-17(9-11-34-15)24-28-14-21(31-24)22-19(26)13-29-25(32-22)30-18-7-5-16(6-8-18)23(33)20-4-2-3-10-27-20/h2-8,10,13-15,17H,9,11-12H2,1H3,(H,28,31)(H,29,30,32). The molecule has 4 heterocycles.